The van der Waals surface area contributed by atoms with Crippen LogP contribution >= 0.6 is 27.9 Å². The van der Waals surface area contributed by atoms with Crippen LogP contribution < -0.4 is 14.9 Å². The van der Waals surface area contributed by atoms with Gasteiger partial charge in [0.2, 0.25) is 5.95 Å². The molecule has 1 aliphatic heterocycles. The van der Waals surface area contributed by atoms with Crippen molar-refractivity contribution in [1.29, 1.82) is 0 Å². The molecule has 158 valence electrons. The van der Waals surface area contributed by atoms with Gasteiger partial charge >= 0.3 is 6.09 Å². The Balaban J connectivity index is 1.86. The second kappa shape index (κ2) is 10.5. The molecule has 2 rings (SSSR count). The molecule has 8 nitrogen and oxygen atoms in total. The number of carbonyl (C=O) groups is 1. The molecule has 1 aromatic rings. The van der Waals surface area contributed by atoms with Gasteiger partial charge in [0.1, 0.15) is 11.4 Å². The molecule has 0 spiro atoms. The fourth-order valence-corrected chi connectivity index (χ4v) is 3.48. The van der Waals surface area contributed by atoms with Crippen molar-refractivity contribution in [2.24, 2.45) is 0 Å². The predicted octanol–water partition coefficient (Wildman–Crippen LogP) is 3.35. The highest BCUT2D eigenvalue weighted by Gasteiger charge is 2.27. The number of halogens is 1. The van der Waals surface area contributed by atoms with Crippen molar-refractivity contribution in [3.63, 3.8) is 0 Å². The van der Waals surface area contributed by atoms with Crippen LogP contribution in [-0.4, -0.2) is 71.1 Å². The number of nitrogens with zero attached hydrogens (tertiary/aromatic N) is 4. The zero-order valence-electron chi connectivity index (χ0n) is 17.3. The van der Waals surface area contributed by atoms with E-state index in [2.05, 4.69) is 54.7 Å². The Kier molecular flexibility index (Phi) is 8.63. The minimum atomic E-state index is -0.480. The van der Waals surface area contributed by atoms with Crippen LogP contribution in [0.2, 0.25) is 0 Å². The van der Waals surface area contributed by atoms with E-state index in [4.69, 9.17) is 4.74 Å². The number of rotatable bonds is 7. The summed E-state index contributed by atoms with van der Waals surface area (Å²) in [5, 5.41) is 3.35. The minimum absolute atomic E-state index is 0.265. The van der Waals surface area contributed by atoms with Crippen molar-refractivity contribution in [1.82, 2.24) is 19.6 Å². The fourth-order valence-electron chi connectivity index (χ4n) is 2.50. The first-order valence-electron chi connectivity index (χ1n) is 9.52. The van der Waals surface area contributed by atoms with Gasteiger partial charge in [0, 0.05) is 50.7 Å². The summed E-state index contributed by atoms with van der Waals surface area (Å²) in [7, 11) is 0. The average Bonchev–Trinajstić information content (AvgIpc) is 2.61. The van der Waals surface area contributed by atoms with Gasteiger partial charge in [-0.15, -0.1) is 0 Å². The van der Waals surface area contributed by atoms with E-state index in [1.165, 1.54) is 0 Å². The molecule has 0 bridgehead atoms. The van der Waals surface area contributed by atoms with Crippen LogP contribution in [0.3, 0.4) is 0 Å². The van der Waals surface area contributed by atoms with Crippen LogP contribution in [0.5, 0.6) is 0 Å². The van der Waals surface area contributed by atoms with Gasteiger partial charge in [-0.1, -0.05) is 11.9 Å². The zero-order valence-corrected chi connectivity index (χ0v) is 19.7. The van der Waals surface area contributed by atoms with E-state index in [1.807, 2.05) is 20.8 Å². The molecule has 0 aliphatic carbocycles. The summed E-state index contributed by atoms with van der Waals surface area (Å²) in [6.45, 7) is 13.2. The SMILES string of the molecule is CC(C)NSCCNc1nc(N2CCN(C(=O)OC(C)(C)C)CC2)ncc1Br. The van der Waals surface area contributed by atoms with Crippen LogP contribution in [0.4, 0.5) is 16.6 Å². The standard InChI is InChI=1S/C18H31BrN6O2S/c1-13(2)23-28-11-6-20-15-14(19)12-21-16(22-15)24-7-9-25(10-8-24)17(26)27-18(3,4)5/h12-13,23H,6-11H2,1-5H3,(H,20,21,22). The lowest BCUT2D eigenvalue weighted by Gasteiger charge is -2.35. The molecule has 0 radical (unpaired) electrons. The van der Waals surface area contributed by atoms with Gasteiger partial charge < -0.3 is 19.9 Å². The van der Waals surface area contributed by atoms with E-state index in [0.717, 1.165) is 22.6 Å². The number of piperazine rings is 1. The normalized spacial score (nSPS) is 15.1. The Morgan fingerprint density at radius 2 is 2.00 bits per heavy atom. The van der Waals surface area contributed by atoms with E-state index in [9.17, 15) is 4.79 Å². The van der Waals surface area contributed by atoms with Gasteiger partial charge in [0.05, 0.1) is 4.47 Å². The molecule has 10 heteroatoms. The summed E-state index contributed by atoms with van der Waals surface area (Å²) in [5.41, 5.74) is -0.480. The van der Waals surface area contributed by atoms with Gasteiger partial charge in [0.15, 0.2) is 0 Å². The Hall–Kier alpha value is -1.26. The largest absolute Gasteiger partial charge is 0.444 e. The summed E-state index contributed by atoms with van der Waals surface area (Å²) >= 11 is 5.20. The summed E-state index contributed by atoms with van der Waals surface area (Å²) in [6, 6.07) is 0.460. The number of amides is 1. The molecule has 1 amide bonds. The fraction of sp³-hybridized carbons (Fsp3) is 0.722. The van der Waals surface area contributed by atoms with Crippen LogP contribution in [0.1, 0.15) is 34.6 Å². The summed E-state index contributed by atoms with van der Waals surface area (Å²) in [4.78, 5) is 25.1. The van der Waals surface area contributed by atoms with Crippen molar-refractivity contribution < 1.29 is 9.53 Å². The van der Waals surface area contributed by atoms with Crippen molar-refractivity contribution in [3.05, 3.63) is 10.7 Å². The smallest absolute Gasteiger partial charge is 0.410 e. The molecule has 2 N–H and O–H groups in total. The van der Waals surface area contributed by atoms with E-state index in [-0.39, 0.29) is 6.09 Å². The van der Waals surface area contributed by atoms with E-state index < -0.39 is 5.60 Å². The molecule has 2 heterocycles. The molecule has 0 aromatic carbocycles. The Labute approximate surface area is 180 Å². The van der Waals surface area contributed by atoms with Gasteiger partial charge in [-0.2, -0.15) is 4.98 Å². The highest BCUT2D eigenvalue weighted by Crippen LogP contribution is 2.22. The molecule has 1 fully saturated rings. The number of anilines is 2. The molecule has 28 heavy (non-hydrogen) atoms. The van der Waals surface area contributed by atoms with Gasteiger partial charge in [0.25, 0.3) is 0 Å². The highest BCUT2D eigenvalue weighted by atomic mass is 79.9. The lowest BCUT2D eigenvalue weighted by molar-refractivity contribution is 0.0240. The van der Waals surface area contributed by atoms with Crippen LogP contribution in [0, 0.1) is 0 Å². The van der Waals surface area contributed by atoms with Crippen molar-refractivity contribution in [2.75, 3.05) is 48.7 Å². The van der Waals surface area contributed by atoms with Gasteiger partial charge in [-0.05, 0) is 50.5 Å². The molecular weight excluding hydrogens is 444 g/mol. The highest BCUT2D eigenvalue weighted by molar-refractivity contribution is 9.10. The third-order valence-corrected chi connectivity index (χ3v) is 5.39. The quantitative estimate of drug-likeness (QED) is 0.459. The average molecular weight is 475 g/mol. The first kappa shape index (κ1) is 23.0. The number of hydrogen-bond acceptors (Lipinski definition) is 8. The maximum Gasteiger partial charge on any atom is 0.410 e. The number of nitrogens with one attached hydrogen (secondary N) is 2. The lowest BCUT2D eigenvalue weighted by atomic mass is 10.2. The molecule has 1 aromatic heterocycles. The molecule has 0 atom stereocenters. The topological polar surface area (TPSA) is 82.6 Å². The second-order valence-electron chi connectivity index (χ2n) is 7.87. The maximum absolute atomic E-state index is 12.2. The van der Waals surface area contributed by atoms with Crippen LogP contribution in [-0.2, 0) is 4.74 Å². The minimum Gasteiger partial charge on any atom is -0.444 e. The van der Waals surface area contributed by atoms with E-state index in [1.54, 1.807) is 23.0 Å². The Morgan fingerprint density at radius 1 is 1.32 bits per heavy atom. The Bertz CT molecular complexity index is 647. The molecule has 1 saturated heterocycles. The summed E-state index contributed by atoms with van der Waals surface area (Å²) in [6.07, 6.45) is 1.50. The lowest BCUT2D eigenvalue weighted by Crippen LogP contribution is -2.50. The monoisotopic (exact) mass is 474 g/mol. The van der Waals surface area contributed by atoms with Gasteiger partial charge in [-0.25, -0.2) is 9.78 Å². The maximum atomic E-state index is 12.2. The number of carbonyl (C=O) groups excluding carboxylic acids is 1. The van der Waals surface area contributed by atoms with E-state index in [0.29, 0.717) is 38.2 Å². The van der Waals surface area contributed by atoms with Crippen molar-refractivity contribution >= 4 is 45.7 Å². The Morgan fingerprint density at radius 3 is 2.61 bits per heavy atom. The molecule has 0 unspecified atom stereocenters. The molecule has 1 aliphatic rings. The van der Waals surface area contributed by atoms with E-state index >= 15 is 0 Å². The number of ether oxygens (including phenoxy) is 1. The molecule has 0 saturated carbocycles. The first-order valence-corrected chi connectivity index (χ1v) is 11.3. The first-order chi connectivity index (χ1) is 13.2. The second-order valence-corrected chi connectivity index (χ2v) is 9.66. The van der Waals surface area contributed by atoms with Crippen LogP contribution in [0.25, 0.3) is 0 Å². The predicted molar refractivity (Wildman–Crippen MR) is 119 cm³/mol. The summed E-state index contributed by atoms with van der Waals surface area (Å²) < 4.78 is 9.60. The third-order valence-electron chi connectivity index (χ3n) is 3.76. The van der Waals surface area contributed by atoms with Gasteiger partial charge in [-0.3, -0.25) is 4.72 Å². The van der Waals surface area contributed by atoms with Crippen molar-refractivity contribution in [2.45, 2.75) is 46.3 Å². The number of aromatic nitrogens is 2. The summed E-state index contributed by atoms with van der Waals surface area (Å²) in [5.74, 6) is 2.38. The molecular formula is C18H31BrN6O2S. The zero-order chi connectivity index (χ0) is 20.7. The number of hydrogen-bond donors (Lipinski definition) is 2. The van der Waals surface area contributed by atoms with Crippen molar-refractivity contribution in [3.8, 4) is 0 Å². The third kappa shape index (κ3) is 7.63. The van der Waals surface area contributed by atoms with Crippen LogP contribution in [0.15, 0.2) is 10.7 Å².